The summed E-state index contributed by atoms with van der Waals surface area (Å²) in [6, 6.07) is 0. The first-order valence-corrected chi connectivity index (χ1v) is 7.48. The molecule has 2 atom stereocenters. The molecule has 112 valence electrons. The number of halogens is 1. The second kappa shape index (κ2) is 6.59. The van der Waals surface area contributed by atoms with Gasteiger partial charge >= 0.3 is 0 Å². The number of aryl methyl sites for hydroxylation is 1. The molecule has 0 aromatic carbocycles. The van der Waals surface area contributed by atoms with E-state index in [1.807, 2.05) is 6.92 Å². The van der Waals surface area contributed by atoms with Crippen LogP contribution in [0.25, 0.3) is 0 Å². The molecular formula is C14H22ClN3O2. The van der Waals surface area contributed by atoms with Crippen LogP contribution in [0.3, 0.4) is 0 Å². The molecule has 1 aromatic rings. The largest absolute Gasteiger partial charge is 0.396 e. The number of carbonyl (C=O) groups is 1. The molecule has 1 heterocycles. The minimum Gasteiger partial charge on any atom is -0.396 e. The number of aliphatic hydroxyl groups excluding tert-OH is 1. The Morgan fingerprint density at radius 2 is 2.20 bits per heavy atom. The van der Waals surface area contributed by atoms with E-state index in [4.69, 9.17) is 11.6 Å². The number of carbonyl (C=O) groups excluding carboxylic acids is 1. The third kappa shape index (κ3) is 3.33. The molecule has 0 unspecified atom stereocenters. The molecule has 0 saturated heterocycles. The van der Waals surface area contributed by atoms with Crippen LogP contribution in [0.2, 0.25) is 5.02 Å². The second-order valence-corrected chi connectivity index (χ2v) is 6.04. The summed E-state index contributed by atoms with van der Waals surface area (Å²) < 4.78 is 1.61. The van der Waals surface area contributed by atoms with Crippen LogP contribution < -0.4 is 5.32 Å². The molecule has 20 heavy (non-hydrogen) atoms. The molecule has 0 bridgehead atoms. The van der Waals surface area contributed by atoms with Gasteiger partial charge in [0.1, 0.15) is 0 Å². The molecule has 6 heteroatoms. The molecule has 2 rings (SSSR count). The maximum atomic E-state index is 12.1. The van der Waals surface area contributed by atoms with E-state index in [9.17, 15) is 9.90 Å². The summed E-state index contributed by atoms with van der Waals surface area (Å²) in [6.45, 7) is 2.70. The average molecular weight is 300 g/mol. The first kappa shape index (κ1) is 15.3. The summed E-state index contributed by atoms with van der Waals surface area (Å²) in [5.41, 5.74) is 1.08. The van der Waals surface area contributed by atoms with Crippen molar-refractivity contribution in [2.75, 3.05) is 13.2 Å². The Labute approximate surface area is 124 Å². The zero-order chi connectivity index (χ0) is 14.7. The summed E-state index contributed by atoms with van der Waals surface area (Å²) in [5.74, 6) is 0.601. The van der Waals surface area contributed by atoms with Crippen molar-refractivity contribution in [3.05, 3.63) is 16.4 Å². The maximum Gasteiger partial charge on any atom is 0.273 e. The highest BCUT2D eigenvalue weighted by molar-refractivity contribution is 6.34. The Morgan fingerprint density at radius 3 is 2.80 bits per heavy atom. The molecule has 1 fully saturated rings. The van der Waals surface area contributed by atoms with Crippen LogP contribution in [0.1, 0.15) is 41.9 Å². The molecule has 0 radical (unpaired) electrons. The predicted molar refractivity (Wildman–Crippen MR) is 77.8 cm³/mol. The average Bonchev–Trinajstić information content (AvgIpc) is 2.72. The van der Waals surface area contributed by atoms with Gasteiger partial charge in [0.25, 0.3) is 5.91 Å². The summed E-state index contributed by atoms with van der Waals surface area (Å²) in [7, 11) is 1.77. The quantitative estimate of drug-likeness (QED) is 0.892. The lowest BCUT2D eigenvalue weighted by molar-refractivity contribution is 0.0929. The molecule has 1 aliphatic rings. The van der Waals surface area contributed by atoms with Crippen LogP contribution >= 0.6 is 11.6 Å². The molecular weight excluding hydrogens is 278 g/mol. The van der Waals surface area contributed by atoms with Gasteiger partial charge in [0.15, 0.2) is 5.69 Å². The first-order valence-electron chi connectivity index (χ1n) is 7.11. The van der Waals surface area contributed by atoms with Crippen molar-refractivity contribution in [2.45, 2.75) is 32.6 Å². The number of aliphatic hydroxyl groups is 1. The Bertz CT molecular complexity index is 487. The van der Waals surface area contributed by atoms with Gasteiger partial charge in [-0.05, 0) is 38.0 Å². The molecule has 1 saturated carbocycles. The third-order valence-corrected chi connectivity index (χ3v) is 4.63. The maximum absolute atomic E-state index is 12.1. The Kier molecular flexibility index (Phi) is 5.05. The van der Waals surface area contributed by atoms with Gasteiger partial charge < -0.3 is 10.4 Å². The highest BCUT2D eigenvalue weighted by Gasteiger charge is 2.23. The normalized spacial score (nSPS) is 22.8. The van der Waals surface area contributed by atoms with Gasteiger partial charge in [-0.3, -0.25) is 9.48 Å². The first-order chi connectivity index (χ1) is 9.52. The molecule has 0 aliphatic heterocycles. The number of rotatable bonds is 4. The van der Waals surface area contributed by atoms with Crippen LogP contribution in [0, 0.1) is 18.8 Å². The van der Waals surface area contributed by atoms with E-state index in [0.717, 1.165) is 31.4 Å². The fourth-order valence-corrected chi connectivity index (χ4v) is 3.05. The van der Waals surface area contributed by atoms with E-state index in [1.54, 1.807) is 11.7 Å². The Balaban J connectivity index is 1.90. The van der Waals surface area contributed by atoms with Crippen molar-refractivity contribution in [3.8, 4) is 0 Å². The number of hydrogen-bond donors (Lipinski definition) is 2. The minimum absolute atomic E-state index is 0.218. The predicted octanol–water partition coefficient (Wildman–Crippen LogP) is 1.91. The summed E-state index contributed by atoms with van der Waals surface area (Å²) in [6.07, 6.45) is 4.29. The van der Waals surface area contributed by atoms with Gasteiger partial charge in [-0.15, -0.1) is 0 Å². The fourth-order valence-electron chi connectivity index (χ4n) is 2.80. The molecule has 1 aromatic heterocycles. The van der Waals surface area contributed by atoms with Crippen molar-refractivity contribution >= 4 is 17.5 Å². The monoisotopic (exact) mass is 299 g/mol. The second-order valence-electron chi connectivity index (χ2n) is 5.66. The highest BCUT2D eigenvalue weighted by Crippen LogP contribution is 2.28. The van der Waals surface area contributed by atoms with Gasteiger partial charge in [0.2, 0.25) is 0 Å². The highest BCUT2D eigenvalue weighted by atomic mass is 35.5. The fraction of sp³-hybridized carbons (Fsp3) is 0.714. The summed E-state index contributed by atoms with van der Waals surface area (Å²) in [4.78, 5) is 12.1. The lowest BCUT2D eigenvalue weighted by atomic mass is 9.82. The molecule has 1 aliphatic carbocycles. The Morgan fingerprint density at radius 1 is 1.50 bits per heavy atom. The zero-order valence-electron chi connectivity index (χ0n) is 12.0. The SMILES string of the molecule is Cc1c(Cl)c(C(=O)NC[C@H]2CCC[C@@H](CO)C2)nn1C. The zero-order valence-corrected chi connectivity index (χ0v) is 12.8. The molecule has 5 nitrogen and oxygen atoms in total. The number of amides is 1. The summed E-state index contributed by atoms with van der Waals surface area (Å²) in [5, 5.41) is 16.7. The van der Waals surface area contributed by atoms with Crippen LogP contribution in [0.4, 0.5) is 0 Å². The van der Waals surface area contributed by atoms with Gasteiger partial charge in [-0.2, -0.15) is 5.10 Å². The van der Waals surface area contributed by atoms with Gasteiger partial charge in [-0.1, -0.05) is 18.0 Å². The van der Waals surface area contributed by atoms with Crippen molar-refractivity contribution in [2.24, 2.45) is 18.9 Å². The van der Waals surface area contributed by atoms with Gasteiger partial charge in [-0.25, -0.2) is 0 Å². The third-order valence-electron chi connectivity index (χ3n) is 4.18. The number of nitrogens with one attached hydrogen (secondary N) is 1. The molecule has 1 amide bonds. The molecule has 2 N–H and O–H groups in total. The number of nitrogens with zero attached hydrogens (tertiary/aromatic N) is 2. The van der Waals surface area contributed by atoms with Crippen molar-refractivity contribution in [1.82, 2.24) is 15.1 Å². The van der Waals surface area contributed by atoms with Crippen LogP contribution in [0.15, 0.2) is 0 Å². The lowest BCUT2D eigenvalue weighted by Gasteiger charge is -2.27. The van der Waals surface area contributed by atoms with E-state index in [2.05, 4.69) is 10.4 Å². The Hall–Kier alpha value is -1.07. The summed E-state index contributed by atoms with van der Waals surface area (Å²) >= 11 is 6.10. The van der Waals surface area contributed by atoms with Crippen molar-refractivity contribution in [1.29, 1.82) is 0 Å². The van der Waals surface area contributed by atoms with E-state index >= 15 is 0 Å². The smallest absolute Gasteiger partial charge is 0.273 e. The van der Waals surface area contributed by atoms with Crippen LogP contribution in [-0.4, -0.2) is 33.9 Å². The van der Waals surface area contributed by atoms with Crippen molar-refractivity contribution in [3.63, 3.8) is 0 Å². The van der Waals surface area contributed by atoms with Gasteiger partial charge in [0.05, 0.1) is 10.7 Å². The lowest BCUT2D eigenvalue weighted by Crippen LogP contribution is -2.32. The number of aromatic nitrogens is 2. The van der Waals surface area contributed by atoms with Crippen molar-refractivity contribution < 1.29 is 9.90 Å². The van der Waals surface area contributed by atoms with E-state index < -0.39 is 0 Å². The topological polar surface area (TPSA) is 67.2 Å². The van der Waals surface area contributed by atoms with E-state index in [-0.39, 0.29) is 12.5 Å². The standard InChI is InChI=1S/C14H22ClN3O2/c1-9-12(15)13(17-18(9)2)14(20)16-7-10-4-3-5-11(6-10)8-19/h10-11,19H,3-8H2,1-2H3,(H,16,20)/t10-,11+/m0/s1. The van der Waals surface area contributed by atoms with E-state index in [1.165, 1.54) is 0 Å². The van der Waals surface area contributed by atoms with Crippen LogP contribution in [-0.2, 0) is 7.05 Å². The minimum atomic E-state index is -0.218. The van der Waals surface area contributed by atoms with Gasteiger partial charge in [0, 0.05) is 20.2 Å². The van der Waals surface area contributed by atoms with E-state index in [0.29, 0.717) is 29.1 Å². The molecule has 0 spiro atoms. The van der Waals surface area contributed by atoms with Crippen LogP contribution in [0.5, 0.6) is 0 Å². The number of hydrogen-bond acceptors (Lipinski definition) is 3.